The molecule has 1 aromatic rings. The van der Waals surface area contributed by atoms with E-state index in [0.717, 1.165) is 12.8 Å². The zero-order valence-electron chi connectivity index (χ0n) is 16.2. The summed E-state index contributed by atoms with van der Waals surface area (Å²) in [5.41, 5.74) is 1.97. The van der Waals surface area contributed by atoms with Gasteiger partial charge in [0.1, 0.15) is 5.83 Å². The molecular weight excluding hydrogens is 345 g/mol. The molecule has 0 aromatic heterocycles. The van der Waals surface area contributed by atoms with Crippen molar-refractivity contribution < 1.29 is 13.2 Å². The van der Waals surface area contributed by atoms with Crippen molar-refractivity contribution in [2.75, 3.05) is 0 Å². The molecule has 1 aliphatic rings. The molecule has 0 saturated heterocycles. The lowest BCUT2D eigenvalue weighted by Crippen LogP contribution is -2.07. The lowest BCUT2D eigenvalue weighted by Gasteiger charge is -2.21. The predicted octanol–water partition coefficient (Wildman–Crippen LogP) is 8.27. The van der Waals surface area contributed by atoms with Crippen LogP contribution in [0.15, 0.2) is 77.7 Å². The van der Waals surface area contributed by atoms with Crippen LogP contribution in [0.25, 0.3) is 0 Å². The fraction of sp³-hybridized carbons (Fsp3) is 0.417. The summed E-state index contributed by atoms with van der Waals surface area (Å²) >= 11 is 0. The molecule has 1 aromatic carbocycles. The Morgan fingerprint density at radius 1 is 1.15 bits per heavy atom. The minimum Gasteiger partial charge on any atom is -0.207 e. The molecule has 0 saturated carbocycles. The third-order valence-electron chi connectivity index (χ3n) is 4.97. The van der Waals surface area contributed by atoms with Gasteiger partial charge in [-0.3, -0.25) is 0 Å². The summed E-state index contributed by atoms with van der Waals surface area (Å²) in [4.78, 5) is 0. The number of rotatable bonds is 9. The highest BCUT2D eigenvalue weighted by atomic mass is 19.2. The number of hydrogen-bond acceptors (Lipinski definition) is 0. The number of allylic oxidation sites excluding steroid dienone is 8. The molecule has 1 unspecified atom stereocenters. The minimum absolute atomic E-state index is 0.159. The Balaban J connectivity index is 1.80. The maximum absolute atomic E-state index is 14.4. The van der Waals surface area contributed by atoms with Crippen LogP contribution < -0.4 is 0 Å². The number of benzene rings is 1. The molecule has 0 bridgehead atoms. The van der Waals surface area contributed by atoms with Crippen LogP contribution in [0.2, 0.25) is 0 Å². The van der Waals surface area contributed by atoms with Crippen LogP contribution in [0.3, 0.4) is 0 Å². The van der Waals surface area contributed by atoms with Crippen molar-refractivity contribution in [1.82, 2.24) is 0 Å². The second-order valence-corrected chi connectivity index (χ2v) is 7.19. The zero-order valence-corrected chi connectivity index (χ0v) is 16.2. The Kier molecular flexibility index (Phi) is 8.63. The number of halogens is 3. The highest BCUT2D eigenvalue weighted by Gasteiger charge is 2.18. The van der Waals surface area contributed by atoms with Crippen molar-refractivity contribution in [3.63, 3.8) is 0 Å². The molecular formula is C24H29F3. The van der Waals surface area contributed by atoms with Gasteiger partial charge < -0.3 is 0 Å². The van der Waals surface area contributed by atoms with E-state index in [1.807, 2.05) is 24.3 Å². The van der Waals surface area contributed by atoms with Crippen LogP contribution in [-0.4, -0.2) is 0 Å². The first kappa shape index (κ1) is 21.3. The van der Waals surface area contributed by atoms with Crippen LogP contribution in [-0.2, 0) is 0 Å². The van der Waals surface area contributed by atoms with Crippen molar-refractivity contribution in [2.45, 2.75) is 58.3 Å². The Labute approximate surface area is 161 Å². The molecule has 0 fully saturated rings. The summed E-state index contributed by atoms with van der Waals surface area (Å²) in [5, 5.41) is 0. The molecule has 2 rings (SSSR count). The van der Waals surface area contributed by atoms with Gasteiger partial charge >= 0.3 is 0 Å². The van der Waals surface area contributed by atoms with E-state index < -0.39 is 11.7 Å². The fourth-order valence-electron chi connectivity index (χ4n) is 3.43. The van der Waals surface area contributed by atoms with E-state index in [4.69, 9.17) is 0 Å². The van der Waals surface area contributed by atoms with Crippen LogP contribution in [0.4, 0.5) is 13.2 Å². The second-order valence-electron chi connectivity index (χ2n) is 7.19. The standard InChI is InChI=1S/C24H29F3/c1-3-9-22(25)23(26)13-8-7-12-21-15-14-19(17-24(21)27)16-18(2)20-10-5-4-6-11-20/h4-6,9-11,13,15,17-19H,3,7-8,12,14,16H2,1-2H3/b22-9+,23-13+/t18-,19?/m0/s1. The fourth-order valence-corrected chi connectivity index (χ4v) is 3.43. The van der Waals surface area contributed by atoms with E-state index >= 15 is 0 Å². The third-order valence-corrected chi connectivity index (χ3v) is 4.97. The van der Waals surface area contributed by atoms with Gasteiger partial charge in [-0.25, -0.2) is 13.2 Å². The maximum Gasteiger partial charge on any atom is 0.154 e. The summed E-state index contributed by atoms with van der Waals surface area (Å²) in [5.74, 6) is -1.20. The van der Waals surface area contributed by atoms with Gasteiger partial charge in [0.05, 0.1) is 0 Å². The van der Waals surface area contributed by atoms with Crippen LogP contribution in [0, 0.1) is 5.92 Å². The average molecular weight is 374 g/mol. The topological polar surface area (TPSA) is 0 Å². The molecule has 146 valence electrons. The van der Waals surface area contributed by atoms with Gasteiger partial charge in [0.2, 0.25) is 0 Å². The molecule has 0 radical (unpaired) electrons. The van der Waals surface area contributed by atoms with Crippen molar-refractivity contribution in [3.05, 3.63) is 83.3 Å². The highest BCUT2D eigenvalue weighted by Crippen LogP contribution is 2.33. The molecule has 3 heteroatoms. The van der Waals surface area contributed by atoms with Crippen molar-refractivity contribution in [3.8, 4) is 0 Å². The van der Waals surface area contributed by atoms with Gasteiger partial charge in [-0.1, -0.05) is 50.3 Å². The van der Waals surface area contributed by atoms with Crippen molar-refractivity contribution >= 4 is 0 Å². The first-order valence-corrected chi connectivity index (χ1v) is 9.84. The Bertz CT molecular complexity index is 710. The lowest BCUT2D eigenvalue weighted by molar-refractivity contribution is 0.501. The summed E-state index contributed by atoms with van der Waals surface area (Å²) in [6, 6.07) is 10.3. The summed E-state index contributed by atoms with van der Waals surface area (Å²) in [6.45, 7) is 3.93. The molecule has 0 spiro atoms. The average Bonchev–Trinajstić information content (AvgIpc) is 2.67. The number of hydrogen-bond donors (Lipinski definition) is 0. The molecule has 0 amide bonds. The van der Waals surface area contributed by atoms with Crippen LogP contribution in [0.5, 0.6) is 0 Å². The normalized spacial score (nSPS) is 19.5. The van der Waals surface area contributed by atoms with E-state index in [1.165, 1.54) is 17.7 Å². The van der Waals surface area contributed by atoms with Gasteiger partial charge in [-0.05, 0) is 79.7 Å². The molecule has 0 aliphatic heterocycles. The Hall–Kier alpha value is -2.03. The predicted molar refractivity (Wildman–Crippen MR) is 107 cm³/mol. The third kappa shape index (κ3) is 6.89. The largest absolute Gasteiger partial charge is 0.207 e. The summed E-state index contributed by atoms with van der Waals surface area (Å²) in [6.07, 6.45) is 9.92. The lowest BCUT2D eigenvalue weighted by atomic mass is 9.84. The van der Waals surface area contributed by atoms with E-state index in [2.05, 4.69) is 19.1 Å². The first-order valence-electron chi connectivity index (χ1n) is 9.84. The van der Waals surface area contributed by atoms with E-state index in [-0.39, 0.29) is 11.7 Å². The molecule has 0 nitrogen and oxygen atoms in total. The highest BCUT2D eigenvalue weighted by molar-refractivity contribution is 5.30. The molecule has 2 atom stereocenters. The first-order chi connectivity index (χ1) is 13.0. The van der Waals surface area contributed by atoms with Crippen molar-refractivity contribution in [1.29, 1.82) is 0 Å². The molecule has 27 heavy (non-hydrogen) atoms. The smallest absolute Gasteiger partial charge is 0.154 e. The van der Waals surface area contributed by atoms with E-state index in [0.29, 0.717) is 37.2 Å². The van der Waals surface area contributed by atoms with Gasteiger partial charge in [-0.2, -0.15) is 0 Å². The monoisotopic (exact) mass is 374 g/mol. The van der Waals surface area contributed by atoms with E-state index in [1.54, 1.807) is 13.0 Å². The summed E-state index contributed by atoms with van der Waals surface area (Å²) in [7, 11) is 0. The van der Waals surface area contributed by atoms with Crippen LogP contribution >= 0.6 is 0 Å². The minimum atomic E-state index is -0.819. The Morgan fingerprint density at radius 2 is 1.85 bits per heavy atom. The molecule has 1 aliphatic carbocycles. The van der Waals surface area contributed by atoms with Gasteiger partial charge in [0, 0.05) is 0 Å². The quantitative estimate of drug-likeness (QED) is 0.301. The second kappa shape index (κ2) is 11.0. The molecule has 0 heterocycles. The van der Waals surface area contributed by atoms with Crippen LogP contribution in [0.1, 0.15) is 63.9 Å². The summed E-state index contributed by atoms with van der Waals surface area (Å²) < 4.78 is 41.1. The van der Waals surface area contributed by atoms with Gasteiger partial charge in [0.15, 0.2) is 11.7 Å². The number of unbranched alkanes of at least 4 members (excludes halogenated alkanes) is 1. The Morgan fingerprint density at radius 3 is 2.52 bits per heavy atom. The zero-order chi connectivity index (χ0) is 19.6. The van der Waals surface area contributed by atoms with Crippen molar-refractivity contribution in [2.24, 2.45) is 5.92 Å². The van der Waals surface area contributed by atoms with E-state index in [9.17, 15) is 13.2 Å². The maximum atomic E-state index is 14.4. The van der Waals surface area contributed by atoms with Gasteiger partial charge in [-0.15, -0.1) is 0 Å². The SMILES string of the molecule is CC/C=C(F)\C(F)=C/CCCC1=CCC(C[C@H](C)c2ccccc2)C=C1F. The molecule has 0 N–H and O–H groups in total. The van der Waals surface area contributed by atoms with Gasteiger partial charge in [0.25, 0.3) is 0 Å².